The molecule has 0 radical (unpaired) electrons. The Morgan fingerprint density at radius 1 is 0.929 bits per heavy atom. The molecule has 0 aliphatic carbocycles. The Morgan fingerprint density at radius 3 is 2.46 bits per heavy atom. The molecule has 4 aromatic rings. The number of nitrogens with one attached hydrogen (secondary N) is 1. The second-order valence-electron chi connectivity index (χ2n) is 6.44. The predicted octanol–water partition coefficient (Wildman–Crippen LogP) is 5.15. The molecule has 0 aromatic heterocycles. The Bertz CT molecular complexity index is 1220. The highest BCUT2D eigenvalue weighted by molar-refractivity contribution is 9.10. The van der Waals surface area contributed by atoms with Gasteiger partial charge in [0.05, 0.1) is 12.6 Å². The number of nitrogens with zero attached hydrogens (tertiary/aromatic N) is 1. The van der Waals surface area contributed by atoms with Crippen LogP contribution in [0.1, 0.15) is 11.1 Å². The minimum Gasteiger partial charge on any atom is -0.507 e. The number of benzene rings is 4. The van der Waals surface area contributed by atoms with Crippen molar-refractivity contribution in [2.24, 2.45) is 5.10 Å². The van der Waals surface area contributed by atoms with Crippen molar-refractivity contribution in [2.45, 2.75) is 6.42 Å². The average Bonchev–Trinajstić information content (AvgIpc) is 2.72. The van der Waals surface area contributed by atoms with Crippen molar-refractivity contribution < 1.29 is 9.90 Å². The van der Waals surface area contributed by atoms with E-state index in [2.05, 4.69) is 26.5 Å². The van der Waals surface area contributed by atoms with E-state index in [-0.39, 0.29) is 18.1 Å². The summed E-state index contributed by atoms with van der Waals surface area (Å²) in [5.74, 6) is -0.0981. The first-order chi connectivity index (χ1) is 13.6. The highest BCUT2D eigenvalue weighted by Crippen LogP contribution is 2.27. The molecule has 0 aliphatic heterocycles. The predicted molar refractivity (Wildman–Crippen MR) is 117 cm³/mol. The van der Waals surface area contributed by atoms with Crippen LogP contribution in [0.2, 0.25) is 0 Å². The molecule has 0 aliphatic rings. The Labute approximate surface area is 170 Å². The van der Waals surface area contributed by atoms with Crippen LogP contribution < -0.4 is 5.43 Å². The number of aromatic hydroxyl groups is 1. The molecule has 0 fully saturated rings. The molecular formula is C23H17BrN2O2. The largest absolute Gasteiger partial charge is 0.507 e. The van der Waals surface area contributed by atoms with Crippen molar-refractivity contribution in [3.63, 3.8) is 0 Å². The fraction of sp³-hybridized carbons (Fsp3) is 0.0435. The lowest BCUT2D eigenvalue weighted by atomic mass is 10.0. The van der Waals surface area contributed by atoms with Gasteiger partial charge in [-0.15, -0.1) is 0 Å². The molecule has 0 heterocycles. The summed E-state index contributed by atoms with van der Waals surface area (Å²) in [5, 5.41) is 18.2. The number of hydrogen-bond donors (Lipinski definition) is 2. The molecule has 4 aromatic carbocycles. The normalized spacial score (nSPS) is 11.3. The van der Waals surface area contributed by atoms with E-state index in [1.165, 1.54) is 6.21 Å². The van der Waals surface area contributed by atoms with Crippen LogP contribution in [0.4, 0.5) is 0 Å². The van der Waals surface area contributed by atoms with Gasteiger partial charge in [0.15, 0.2) is 0 Å². The highest BCUT2D eigenvalue weighted by atomic mass is 79.9. The van der Waals surface area contributed by atoms with Crippen LogP contribution in [0.25, 0.3) is 21.5 Å². The summed E-state index contributed by atoms with van der Waals surface area (Å²) >= 11 is 3.54. The van der Waals surface area contributed by atoms with Crippen molar-refractivity contribution in [2.75, 3.05) is 0 Å². The van der Waals surface area contributed by atoms with Gasteiger partial charge in [-0.1, -0.05) is 76.6 Å². The molecule has 2 N–H and O–H groups in total. The topological polar surface area (TPSA) is 61.7 Å². The van der Waals surface area contributed by atoms with Gasteiger partial charge < -0.3 is 5.11 Å². The Hall–Kier alpha value is -3.18. The Balaban J connectivity index is 1.53. The first-order valence-corrected chi connectivity index (χ1v) is 9.61. The maximum Gasteiger partial charge on any atom is 0.244 e. The maximum absolute atomic E-state index is 12.4. The van der Waals surface area contributed by atoms with Crippen LogP contribution in [0.3, 0.4) is 0 Å². The summed E-state index contributed by atoms with van der Waals surface area (Å²) in [4.78, 5) is 12.4. The van der Waals surface area contributed by atoms with Gasteiger partial charge in [0.2, 0.25) is 5.91 Å². The fourth-order valence-electron chi connectivity index (χ4n) is 3.28. The number of amides is 1. The number of halogens is 1. The molecule has 5 heteroatoms. The molecular weight excluding hydrogens is 416 g/mol. The number of fused-ring (bicyclic) bond motifs is 2. The standard InChI is InChI=1S/C23H17BrN2O2/c24-21-11-9-16(18-7-3-4-8-19(18)21)13-23(28)26-25-14-20-17-6-2-1-5-15(17)10-12-22(20)27/h1-12,14,27H,13H2,(H,26,28). The summed E-state index contributed by atoms with van der Waals surface area (Å²) in [6.45, 7) is 0. The van der Waals surface area contributed by atoms with Crippen molar-refractivity contribution in [1.29, 1.82) is 0 Å². The molecule has 4 nitrogen and oxygen atoms in total. The molecule has 28 heavy (non-hydrogen) atoms. The summed E-state index contributed by atoms with van der Waals surface area (Å²) in [5.41, 5.74) is 4.07. The Kier molecular flexibility index (Phi) is 5.08. The number of phenols is 1. The minimum atomic E-state index is -0.219. The second-order valence-corrected chi connectivity index (χ2v) is 7.30. The van der Waals surface area contributed by atoms with Gasteiger partial charge in [-0.25, -0.2) is 5.43 Å². The number of carbonyl (C=O) groups excluding carboxylic acids is 1. The van der Waals surface area contributed by atoms with E-state index in [9.17, 15) is 9.90 Å². The molecule has 4 rings (SSSR count). The van der Waals surface area contributed by atoms with E-state index in [0.29, 0.717) is 5.56 Å². The van der Waals surface area contributed by atoms with Crippen molar-refractivity contribution in [3.05, 3.63) is 88.4 Å². The van der Waals surface area contributed by atoms with Crippen LogP contribution in [0.15, 0.2) is 82.4 Å². The van der Waals surface area contributed by atoms with E-state index >= 15 is 0 Å². The molecule has 0 saturated heterocycles. The molecule has 0 bridgehead atoms. The highest BCUT2D eigenvalue weighted by Gasteiger charge is 2.09. The molecule has 0 unspecified atom stereocenters. The maximum atomic E-state index is 12.4. The fourth-order valence-corrected chi connectivity index (χ4v) is 3.76. The zero-order valence-electron chi connectivity index (χ0n) is 14.9. The van der Waals surface area contributed by atoms with Gasteiger partial charge in [0, 0.05) is 10.0 Å². The third-order valence-electron chi connectivity index (χ3n) is 4.64. The number of carbonyl (C=O) groups is 1. The lowest BCUT2D eigenvalue weighted by molar-refractivity contribution is -0.120. The zero-order valence-corrected chi connectivity index (χ0v) is 16.5. The van der Waals surface area contributed by atoms with E-state index in [0.717, 1.165) is 31.6 Å². The first-order valence-electron chi connectivity index (χ1n) is 8.82. The smallest absolute Gasteiger partial charge is 0.244 e. The van der Waals surface area contributed by atoms with Gasteiger partial charge >= 0.3 is 0 Å². The van der Waals surface area contributed by atoms with E-state index in [1.54, 1.807) is 6.07 Å². The molecule has 1 amide bonds. The summed E-state index contributed by atoms with van der Waals surface area (Å²) in [7, 11) is 0. The van der Waals surface area contributed by atoms with Crippen LogP contribution in [0.5, 0.6) is 5.75 Å². The SMILES string of the molecule is O=C(Cc1ccc(Br)c2ccccc12)NN=Cc1c(O)ccc2ccccc12. The van der Waals surface area contributed by atoms with Gasteiger partial charge in [-0.3, -0.25) is 4.79 Å². The first kappa shape index (κ1) is 18.2. The van der Waals surface area contributed by atoms with E-state index < -0.39 is 0 Å². The van der Waals surface area contributed by atoms with Gasteiger partial charge in [0.25, 0.3) is 0 Å². The van der Waals surface area contributed by atoms with Crippen LogP contribution in [-0.4, -0.2) is 17.2 Å². The van der Waals surface area contributed by atoms with Crippen molar-refractivity contribution in [3.8, 4) is 5.75 Å². The summed E-state index contributed by atoms with van der Waals surface area (Å²) in [6.07, 6.45) is 1.70. The summed E-state index contributed by atoms with van der Waals surface area (Å²) in [6, 6.07) is 23.0. The summed E-state index contributed by atoms with van der Waals surface area (Å²) < 4.78 is 0.997. The van der Waals surface area contributed by atoms with Crippen LogP contribution in [-0.2, 0) is 11.2 Å². The van der Waals surface area contributed by atoms with Gasteiger partial charge in [0.1, 0.15) is 5.75 Å². The third kappa shape index (κ3) is 3.62. The number of phenolic OH excluding ortho intramolecular Hbond substituents is 1. The third-order valence-corrected chi connectivity index (χ3v) is 5.33. The van der Waals surface area contributed by atoms with Crippen LogP contribution >= 0.6 is 15.9 Å². The lowest BCUT2D eigenvalue weighted by Gasteiger charge is -2.08. The molecule has 0 spiro atoms. The van der Waals surface area contributed by atoms with Crippen molar-refractivity contribution in [1.82, 2.24) is 5.43 Å². The average molecular weight is 433 g/mol. The second kappa shape index (κ2) is 7.82. The van der Waals surface area contributed by atoms with Crippen LogP contribution in [0, 0.1) is 0 Å². The van der Waals surface area contributed by atoms with Crippen molar-refractivity contribution >= 4 is 49.6 Å². The zero-order chi connectivity index (χ0) is 19.5. The monoisotopic (exact) mass is 432 g/mol. The number of rotatable bonds is 4. The lowest BCUT2D eigenvalue weighted by Crippen LogP contribution is -2.20. The van der Waals surface area contributed by atoms with E-state index in [4.69, 9.17) is 0 Å². The molecule has 138 valence electrons. The quantitative estimate of drug-likeness (QED) is 0.345. The van der Waals surface area contributed by atoms with E-state index in [1.807, 2.05) is 66.7 Å². The molecule has 0 atom stereocenters. The number of hydrogen-bond acceptors (Lipinski definition) is 3. The molecule has 0 saturated carbocycles. The Morgan fingerprint density at radius 2 is 1.64 bits per heavy atom. The van der Waals surface area contributed by atoms with Gasteiger partial charge in [-0.2, -0.15) is 5.10 Å². The number of hydrazone groups is 1. The van der Waals surface area contributed by atoms with Gasteiger partial charge in [-0.05, 0) is 39.2 Å². The minimum absolute atomic E-state index is 0.121.